The molecule has 0 fully saturated rings. The van der Waals surface area contributed by atoms with Gasteiger partial charge in [0.1, 0.15) is 11.8 Å². The molecule has 1 aromatic heterocycles. The molecule has 0 atom stereocenters. The van der Waals surface area contributed by atoms with Crippen LogP contribution in [0.4, 0.5) is 0 Å². The molecule has 1 heterocycles. The van der Waals surface area contributed by atoms with Crippen LogP contribution >= 0.6 is 11.6 Å². The van der Waals surface area contributed by atoms with E-state index in [4.69, 9.17) is 21.1 Å². The van der Waals surface area contributed by atoms with Gasteiger partial charge in [-0.15, -0.1) is 0 Å². The average molecular weight is 211 g/mol. The average Bonchev–Trinajstić information content (AvgIpc) is 2.20. The van der Waals surface area contributed by atoms with Crippen LogP contribution in [0, 0.1) is 0 Å². The standard InChI is InChI=1S/C10H7ClO3/c11-7-1-2-9-8(3-7)10(13)6(4-12)5-14-9/h1-3,5,12H,4H2. The van der Waals surface area contributed by atoms with Gasteiger partial charge in [0, 0.05) is 5.02 Å². The quantitative estimate of drug-likeness (QED) is 0.783. The molecule has 2 aromatic rings. The van der Waals surface area contributed by atoms with Crippen molar-refractivity contribution < 1.29 is 9.52 Å². The van der Waals surface area contributed by atoms with E-state index in [1.165, 1.54) is 12.3 Å². The van der Waals surface area contributed by atoms with Gasteiger partial charge in [0.15, 0.2) is 5.43 Å². The number of aliphatic hydroxyl groups is 1. The first-order chi connectivity index (χ1) is 6.72. The van der Waals surface area contributed by atoms with Crippen molar-refractivity contribution in [1.29, 1.82) is 0 Å². The van der Waals surface area contributed by atoms with Crippen molar-refractivity contribution in [2.45, 2.75) is 6.61 Å². The van der Waals surface area contributed by atoms with Crippen LogP contribution in [-0.4, -0.2) is 5.11 Å². The highest BCUT2D eigenvalue weighted by atomic mass is 35.5. The fourth-order valence-corrected chi connectivity index (χ4v) is 1.42. The van der Waals surface area contributed by atoms with Crippen molar-refractivity contribution in [3.8, 4) is 0 Å². The minimum Gasteiger partial charge on any atom is -0.464 e. The van der Waals surface area contributed by atoms with Gasteiger partial charge >= 0.3 is 0 Å². The molecular weight excluding hydrogens is 204 g/mol. The van der Waals surface area contributed by atoms with Gasteiger partial charge in [-0.2, -0.15) is 0 Å². The molecule has 0 spiro atoms. The summed E-state index contributed by atoms with van der Waals surface area (Å²) < 4.78 is 5.15. The topological polar surface area (TPSA) is 50.4 Å². The van der Waals surface area contributed by atoms with Crippen LogP contribution in [0.15, 0.2) is 33.7 Å². The number of aliphatic hydroxyl groups excluding tert-OH is 1. The maximum absolute atomic E-state index is 11.6. The van der Waals surface area contributed by atoms with E-state index in [9.17, 15) is 4.79 Å². The van der Waals surface area contributed by atoms with Crippen molar-refractivity contribution in [3.05, 3.63) is 45.3 Å². The number of hydrogen-bond acceptors (Lipinski definition) is 3. The van der Waals surface area contributed by atoms with Crippen molar-refractivity contribution in [3.63, 3.8) is 0 Å². The third-order valence-electron chi connectivity index (χ3n) is 1.98. The minimum absolute atomic E-state index is 0.236. The van der Waals surface area contributed by atoms with Gasteiger partial charge in [0.25, 0.3) is 0 Å². The third kappa shape index (κ3) is 1.41. The zero-order valence-corrected chi connectivity index (χ0v) is 7.91. The van der Waals surface area contributed by atoms with Gasteiger partial charge in [-0.25, -0.2) is 0 Å². The number of rotatable bonds is 1. The molecule has 0 aliphatic rings. The molecule has 1 aromatic carbocycles. The minimum atomic E-state index is -0.329. The Morgan fingerprint density at radius 1 is 1.43 bits per heavy atom. The first-order valence-electron chi connectivity index (χ1n) is 4.03. The van der Waals surface area contributed by atoms with Crippen molar-refractivity contribution in [1.82, 2.24) is 0 Å². The number of fused-ring (bicyclic) bond motifs is 1. The zero-order chi connectivity index (χ0) is 10.1. The molecule has 0 amide bonds. The first-order valence-corrected chi connectivity index (χ1v) is 4.41. The number of hydrogen-bond donors (Lipinski definition) is 1. The Morgan fingerprint density at radius 2 is 2.21 bits per heavy atom. The Morgan fingerprint density at radius 3 is 2.93 bits per heavy atom. The molecule has 0 saturated carbocycles. The SMILES string of the molecule is O=c1c(CO)coc2ccc(Cl)cc12. The summed E-state index contributed by atoms with van der Waals surface area (Å²) in [6.45, 7) is -0.329. The lowest BCUT2D eigenvalue weighted by Gasteiger charge is -1.99. The van der Waals surface area contributed by atoms with E-state index in [0.717, 1.165) is 0 Å². The summed E-state index contributed by atoms with van der Waals surface area (Å²) in [5, 5.41) is 9.72. The fourth-order valence-electron chi connectivity index (χ4n) is 1.25. The Labute approximate surface area is 84.5 Å². The third-order valence-corrected chi connectivity index (χ3v) is 2.21. The Kier molecular flexibility index (Phi) is 2.27. The fraction of sp³-hybridized carbons (Fsp3) is 0.100. The van der Waals surface area contributed by atoms with Crippen LogP contribution in [-0.2, 0) is 6.61 Å². The highest BCUT2D eigenvalue weighted by Crippen LogP contribution is 2.16. The summed E-state index contributed by atoms with van der Waals surface area (Å²) in [5.74, 6) is 0. The molecule has 3 nitrogen and oxygen atoms in total. The molecule has 0 saturated heterocycles. The van der Waals surface area contributed by atoms with E-state index < -0.39 is 0 Å². The van der Waals surface area contributed by atoms with Gasteiger partial charge in [0.05, 0.1) is 17.6 Å². The van der Waals surface area contributed by atoms with E-state index in [1.807, 2.05) is 0 Å². The summed E-state index contributed by atoms with van der Waals surface area (Å²) >= 11 is 5.74. The molecule has 0 unspecified atom stereocenters. The van der Waals surface area contributed by atoms with Crippen LogP contribution in [0.2, 0.25) is 5.02 Å². The molecule has 1 N–H and O–H groups in total. The van der Waals surface area contributed by atoms with Gasteiger partial charge in [-0.05, 0) is 18.2 Å². The first kappa shape index (κ1) is 9.24. The molecule has 4 heteroatoms. The highest BCUT2D eigenvalue weighted by Gasteiger charge is 2.05. The second kappa shape index (κ2) is 3.44. The highest BCUT2D eigenvalue weighted by molar-refractivity contribution is 6.31. The smallest absolute Gasteiger partial charge is 0.198 e. The van der Waals surface area contributed by atoms with E-state index >= 15 is 0 Å². The van der Waals surface area contributed by atoms with Gasteiger partial charge in [-0.1, -0.05) is 11.6 Å². The summed E-state index contributed by atoms with van der Waals surface area (Å²) in [7, 11) is 0. The Bertz CT molecular complexity index is 530. The normalized spacial score (nSPS) is 10.7. The summed E-state index contributed by atoms with van der Waals surface area (Å²) in [4.78, 5) is 11.6. The van der Waals surface area contributed by atoms with Crippen molar-refractivity contribution in [2.75, 3.05) is 0 Å². The number of halogens is 1. The molecule has 72 valence electrons. The largest absolute Gasteiger partial charge is 0.464 e. The van der Waals surface area contributed by atoms with Crippen LogP contribution in [0.5, 0.6) is 0 Å². The van der Waals surface area contributed by atoms with E-state index in [0.29, 0.717) is 16.0 Å². The second-order valence-electron chi connectivity index (χ2n) is 2.89. The molecule has 0 aliphatic heterocycles. The van der Waals surface area contributed by atoms with E-state index in [1.54, 1.807) is 12.1 Å². The summed E-state index contributed by atoms with van der Waals surface area (Å²) in [5.41, 5.74) is 0.465. The molecule has 2 rings (SSSR count). The predicted molar refractivity (Wildman–Crippen MR) is 53.4 cm³/mol. The molecule has 0 bridgehead atoms. The monoisotopic (exact) mass is 210 g/mol. The van der Waals surface area contributed by atoms with Gasteiger partial charge in [-0.3, -0.25) is 4.79 Å². The van der Waals surface area contributed by atoms with Crippen LogP contribution in [0.1, 0.15) is 5.56 Å². The van der Waals surface area contributed by atoms with Gasteiger partial charge in [0.2, 0.25) is 0 Å². The number of benzene rings is 1. The lowest BCUT2D eigenvalue weighted by atomic mass is 10.2. The Balaban J connectivity index is 2.87. The maximum atomic E-state index is 11.6. The molecular formula is C10H7ClO3. The molecule has 0 radical (unpaired) electrons. The van der Waals surface area contributed by atoms with Gasteiger partial charge < -0.3 is 9.52 Å². The van der Waals surface area contributed by atoms with Crippen molar-refractivity contribution >= 4 is 22.6 Å². The zero-order valence-electron chi connectivity index (χ0n) is 7.16. The van der Waals surface area contributed by atoms with E-state index in [2.05, 4.69) is 0 Å². The maximum Gasteiger partial charge on any atom is 0.198 e. The lowest BCUT2D eigenvalue weighted by Crippen LogP contribution is -2.08. The molecule has 0 aliphatic carbocycles. The predicted octanol–water partition coefficient (Wildman–Crippen LogP) is 1.94. The van der Waals surface area contributed by atoms with Crippen LogP contribution in [0.3, 0.4) is 0 Å². The lowest BCUT2D eigenvalue weighted by molar-refractivity contribution is 0.277. The Hall–Kier alpha value is -1.32. The van der Waals surface area contributed by atoms with Crippen molar-refractivity contribution in [2.24, 2.45) is 0 Å². The van der Waals surface area contributed by atoms with Crippen LogP contribution < -0.4 is 5.43 Å². The molecule has 14 heavy (non-hydrogen) atoms. The second-order valence-corrected chi connectivity index (χ2v) is 3.33. The summed E-state index contributed by atoms with van der Waals surface area (Å²) in [6, 6.07) is 4.80. The summed E-state index contributed by atoms with van der Waals surface area (Å²) in [6.07, 6.45) is 1.26. The van der Waals surface area contributed by atoms with Crippen LogP contribution in [0.25, 0.3) is 11.0 Å². The van der Waals surface area contributed by atoms with E-state index in [-0.39, 0.29) is 17.6 Å².